The summed E-state index contributed by atoms with van der Waals surface area (Å²) in [6, 6.07) is 0. The maximum absolute atomic E-state index is 12.8. The summed E-state index contributed by atoms with van der Waals surface area (Å²) >= 11 is 0. The second-order valence-corrected chi connectivity index (χ2v) is 16.4. The van der Waals surface area contributed by atoms with Crippen LogP contribution in [0.4, 0.5) is 0 Å². The van der Waals surface area contributed by atoms with Gasteiger partial charge >= 0.3 is 11.9 Å². The van der Waals surface area contributed by atoms with Crippen molar-refractivity contribution in [2.75, 3.05) is 6.61 Å². The van der Waals surface area contributed by atoms with Crippen LogP contribution < -0.4 is 0 Å². The van der Waals surface area contributed by atoms with Gasteiger partial charge < -0.3 is 29.5 Å². The lowest BCUT2D eigenvalue weighted by Crippen LogP contribution is -2.59. The molecule has 1 aliphatic rings. The molecule has 0 aromatic rings. The van der Waals surface area contributed by atoms with Gasteiger partial charge in [0.15, 0.2) is 0 Å². The van der Waals surface area contributed by atoms with Crippen molar-refractivity contribution in [1.82, 2.24) is 0 Å². The Morgan fingerprint density at radius 2 is 1.17 bits per heavy atom. The molecule has 0 bridgehead atoms. The minimum atomic E-state index is -1.68. The Morgan fingerprint density at radius 3 is 1.75 bits per heavy atom. The summed E-state index contributed by atoms with van der Waals surface area (Å²) in [7, 11) is 0. The average molecular weight is 819 g/mol. The summed E-state index contributed by atoms with van der Waals surface area (Å²) in [6.07, 6.45) is 34.1. The summed E-state index contributed by atoms with van der Waals surface area (Å²) in [5, 5.41) is 31.3. The molecule has 8 heteroatoms. The van der Waals surface area contributed by atoms with E-state index in [1.165, 1.54) is 55.2 Å². The second kappa shape index (κ2) is 32.0. The number of allylic oxidation sites excluding steroid dienone is 19. The van der Waals surface area contributed by atoms with Crippen molar-refractivity contribution in [1.29, 1.82) is 0 Å². The Labute approximate surface area is 357 Å². The summed E-state index contributed by atoms with van der Waals surface area (Å²) in [5.41, 5.74) is 6.16. The molecule has 0 radical (unpaired) electrons. The molecular weight excluding hydrogens is 741 g/mol. The Kier molecular flexibility index (Phi) is 28.9. The largest absolute Gasteiger partial charge is 0.463 e. The Morgan fingerprint density at radius 1 is 0.644 bits per heavy atom. The normalized spacial score (nSPS) is 21.9. The van der Waals surface area contributed by atoms with Crippen molar-refractivity contribution in [3.05, 3.63) is 119 Å². The topological polar surface area (TPSA) is 123 Å². The van der Waals surface area contributed by atoms with Gasteiger partial charge in [0.1, 0.15) is 31.0 Å². The molecule has 3 N–H and O–H groups in total. The van der Waals surface area contributed by atoms with Crippen molar-refractivity contribution in [2.24, 2.45) is 5.92 Å². The molecule has 0 amide bonds. The molecule has 0 unspecified atom stereocenters. The quantitative estimate of drug-likeness (QED) is 0.0246. The van der Waals surface area contributed by atoms with E-state index < -0.39 is 42.6 Å². The van der Waals surface area contributed by atoms with Crippen LogP contribution in [-0.2, 0) is 23.8 Å². The Bertz CT molecular complexity index is 1540. The highest BCUT2D eigenvalue weighted by molar-refractivity contribution is 5.88. The summed E-state index contributed by atoms with van der Waals surface area (Å²) < 4.78 is 16.2. The first-order valence-corrected chi connectivity index (χ1v) is 21.9. The second-order valence-electron chi connectivity index (χ2n) is 16.4. The Balaban J connectivity index is 2.52. The molecule has 1 heterocycles. The van der Waals surface area contributed by atoms with Crippen LogP contribution in [0.3, 0.4) is 0 Å². The lowest BCUT2D eigenvalue weighted by molar-refractivity contribution is -0.292. The third kappa shape index (κ3) is 26.1. The molecule has 1 aliphatic heterocycles. The van der Waals surface area contributed by atoms with Gasteiger partial charge in [0.2, 0.25) is 6.29 Å². The van der Waals surface area contributed by atoms with Crippen molar-refractivity contribution in [3.63, 3.8) is 0 Å². The number of hydrogen-bond acceptors (Lipinski definition) is 8. The molecule has 0 spiro atoms. The van der Waals surface area contributed by atoms with E-state index in [4.69, 9.17) is 14.2 Å². The maximum atomic E-state index is 12.8. The van der Waals surface area contributed by atoms with E-state index in [0.29, 0.717) is 6.42 Å². The first-order valence-electron chi connectivity index (χ1n) is 21.9. The fourth-order valence-electron chi connectivity index (χ4n) is 6.01. The number of hydrogen-bond donors (Lipinski definition) is 3. The zero-order chi connectivity index (χ0) is 44.0. The molecule has 8 nitrogen and oxygen atoms in total. The van der Waals surface area contributed by atoms with Crippen LogP contribution in [0.15, 0.2) is 119 Å². The number of aliphatic hydroxyl groups is 3. The number of aliphatic hydroxyl groups excluding tert-OH is 3. The predicted octanol–water partition coefficient (Wildman–Crippen LogP) is 11.5. The first-order chi connectivity index (χ1) is 28.1. The summed E-state index contributed by atoms with van der Waals surface area (Å²) in [4.78, 5) is 25.2. The minimum Gasteiger partial charge on any atom is -0.463 e. The lowest BCUT2D eigenvalue weighted by Gasteiger charge is -2.39. The van der Waals surface area contributed by atoms with Gasteiger partial charge in [0.05, 0.1) is 0 Å². The van der Waals surface area contributed by atoms with Gasteiger partial charge in [-0.15, -0.1) is 0 Å². The molecule has 330 valence electrons. The monoisotopic (exact) mass is 819 g/mol. The van der Waals surface area contributed by atoms with E-state index in [0.717, 1.165) is 49.2 Å². The predicted molar refractivity (Wildman–Crippen MR) is 243 cm³/mol. The van der Waals surface area contributed by atoms with E-state index in [9.17, 15) is 24.9 Å². The van der Waals surface area contributed by atoms with Gasteiger partial charge in [0.25, 0.3) is 0 Å². The molecule has 0 aliphatic carbocycles. The van der Waals surface area contributed by atoms with Crippen molar-refractivity contribution < 1.29 is 39.1 Å². The highest BCUT2D eigenvalue weighted by Crippen LogP contribution is 2.24. The fraction of sp³-hybridized carbons (Fsp3) is 0.569. The van der Waals surface area contributed by atoms with E-state index in [-0.39, 0.29) is 18.6 Å². The molecule has 0 aromatic carbocycles. The zero-order valence-electron chi connectivity index (χ0n) is 37.8. The minimum absolute atomic E-state index is 0.234. The van der Waals surface area contributed by atoms with Crippen LogP contribution in [-0.4, -0.2) is 64.6 Å². The van der Waals surface area contributed by atoms with E-state index in [1.807, 2.05) is 56.4 Å². The first kappa shape index (κ1) is 53.2. The highest BCUT2D eigenvalue weighted by Gasteiger charge is 2.46. The molecule has 59 heavy (non-hydrogen) atoms. The lowest BCUT2D eigenvalue weighted by atomic mass is 9.99. The number of rotatable bonds is 27. The van der Waals surface area contributed by atoms with Crippen molar-refractivity contribution in [3.8, 4) is 0 Å². The molecule has 0 saturated carbocycles. The zero-order valence-corrected chi connectivity index (χ0v) is 37.8. The number of unbranched alkanes of at least 4 members (excludes halogenated alkanes) is 7. The van der Waals surface area contributed by atoms with Gasteiger partial charge in [-0.2, -0.15) is 0 Å². The summed E-state index contributed by atoms with van der Waals surface area (Å²) in [6.45, 7) is 18.2. The van der Waals surface area contributed by atoms with Crippen LogP contribution in [0.25, 0.3) is 0 Å². The maximum Gasteiger partial charge on any atom is 0.336 e. The molecule has 1 rings (SSSR count). The standard InChI is InChI=1S/C51H78O8/c1-10-39(4)26-17-15-13-11-12-14-16-18-36-46(52)57-37-45-47(53)48(54)49(55)51(58-45)59-50(56)44(9)35-24-34-43(8)33-23-31-41(6)28-20-19-27-40(5)30-22-32-42(7)29-21-25-38(2)3/h19-20,22-25,27-28,30-35,39,45,47-49,51,53-55H,10-18,21,26,29,36-37H2,1-9H3/b20-19+,30-22+,31-23+,34-24+,40-27+,41-28+,42-32+,43-33+,44-35+/t39-,45+,47+,48-,49+,51-/m0/s1. The fourth-order valence-corrected chi connectivity index (χ4v) is 6.01. The highest BCUT2D eigenvalue weighted by atomic mass is 16.7. The van der Waals surface area contributed by atoms with Gasteiger partial charge in [0, 0.05) is 12.0 Å². The average Bonchev–Trinajstić information content (AvgIpc) is 3.19. The number of ether oxygens (including phenoxy) is 3. The molecular formula is C51H78O8. The van der Waals surface area contributed by atoms with Gasteiger partial charge in [-0.1, -0.05) is 185 Å². The molecule has 1 saturated heterocycles. The molecule has 6 atom stereocenters. The van der Waals surface area contributed by atoms with E-state index in [1.54, 1.807) is 19.1 Å². The smallest absolute Gasteiger partial charge is 0.336 e. The van der Waals surface area contributed by atoms with Crippen molar-refractivity contribution >= 4 is 11.9 Å². The van der Waals surface area contributed by atoms with E-state index >= 15 is 0 Å². The van der Waals surface area contributed by atoms with Crippen LogP contribution in [0, 0.1) is 5.92 Å². The van der Waals surface area contributed by atoms with Crippen LogP contribution in [0.1, 0.15) is 146 Å². The Hall–Kier alpha value is -3.82. The summed E-state index contributed by atoms with van der Waals surface area (Å²) in [5.74, 6) is -0.384. The molecule has 0 aromatic heterocycles. The molecule has 1 fully saturated rings. The van der Waals surface area contributed by atoms with Crippen LogP contribution in [0.2, 0.25) is 0 Å². The van der Waals surface area contributed by atoms with Crippen LogP contribution >= 0.6 is 0 Å². The van der Waals surface area contributed by atoms with Gasteiger partial charge in [-0.05, 0) is 73.6 Å². The number of carbonyl (C=O) groups is 2. The SMILES string of the molecule is CC[C@H](C)CCCCCCCCCCC(=O)OC[C@H]1O[C@@H](OC(=O)/C(C)=C/C=C/C(C)=C/C=C/C(C)=C/C=C/C=C(C)/C=C/C=C(\C)CCC=C(C)C)[C@H](O)[C@@H](O)[C@@H]1O. The number of esters is 2. The van der Waals surface area contributed by atoms with Crippen LogP contribution in [0.5, 0.6) is 0 Å². The van der Waals surface area contributed by atoms with Gasteiger partial charge in [-0.3, -0.25) is 4.79 Å². The van der Waals surface area contributed by atoms with Crippen molar-refractivity contribution in [2.45, 2.75) is 176 Å². The van der Waals surface area contributed by atoms with Gasteiger partial charge in [-0.25, -0.2) is 4.79 Å². The number of carbonyl (C=O) groups excluding carboxylic acids is 2. The van der Waals surface area contributed by atoms with E-state index in [2.05, 4.69) is 71.9 Å². The third-order valence-electron chi connectivity index (χ3n) is 10.2. The third-order valence-corrected chi connectivity index (χ3v) is 10.2.